The molecular weight excluding hydrogens is 90.1 g/mol. The Kier molecular flexibility index (Phi) is 3.98. The molecule has 44 valence electrons. The fraction of sp³-hybridized carbons (Fsp3) is 1.00. The van der Waals surface area contributed by atoms with Gasteiger partial charge in [0.05, 0.1) is 6.67 Å². The van der Waals surface area contributed by atoms with Gasteiger partial charge in [0.2, 0.25) is 0 Å². The molecule has 0 fully saturated rings. The predicted octanol–water partition coefficient (Wildman–Crippen LogP) is -0.641. The second kappa shape index (κ2) is 4.05. The average Bonchev–Trinajstić information content (AvgIpc) is 1.68. The highest BCUT2D eigenvalue weighted by atomic mass is 15.5. The van der Waals surface area contributed by atoms with E-state index in [1.54, 1.807) is 0 Å². The summed E-state index contributed by atoms with van der Waals surface area (Å²) in [6.07, 6.45) is 0. The molecule has 0 amide bonds. The molecule has 0 aliphatic carbocycles. The molecule has 0 aromatic carbocycles. The van der Waals surface area contributed by atoms with E-state index in [2.05, 4.69) is 5.43 Å². The summed E-state index contributed by atoms with van der Waals surface area (Å²) < 4.78 is 0. The van der Waals surface area contributed by atoms with Crippen LogP contribution in [0.5, 0.6) is 0 Å². The third-order valence-electron chi connectivity index (χ3n) is 0.702. The maximum Gasteiger partial charge on any atom is 0.0592 e. The minimum atomic E-state index is 0.563. The molecule has 0 radical (unpaired) electrons. The van der Waals surface area contributed by atoms with Crippen molar-refractivity contribution >= 4 is 0 Å². The number of hydrazine groups is 1. The molecule has 3 N–H and O–H groups in total. The van der Waals surface area contributed by atoms with E-state index in [1.165, 1.54) is 0 Å². The monoisotopic (exact) mass is 103 g/mol. The number of nitrogens with two attached hydrogens (primary N) is 1. The van der Waals surface area contributed by atoms with Gasteiger partial charge in [0, 0.05) is 13.6 Å². The predicted molar refractivity (Wildman–Crippen MR) is 30.5 cm³/mol. The lowest BCUT2D eigenvalue weighted by Crippen LogP contribution is -2.38. The molecule has 0 aromatic heterocycles. The van der Waals surface area contributed by atoms with Gasteiger partial charge in [-0.25, -0.2) is 5.01 Å². The number of nitrogens with zero attached hydrogens (tertiary/aromatic N) is 1. The molecule has 0 rings (SSSR count). The Balaban J connectivity index is 2.83. The van der Waals surface area contributed by atoms with E-state index >= 15 is 0 Å². The Bertz CT molecular complexity index is 37.9. The van der Waals surface area contributed by atoms with Gasteiger partial charge in [0.15, 0.2) is 0 Å². The lowest BCUT2D eigenvalue weighted by molar-refractivity contribution is 0.249. The van der Waals surface area contributed by atoms with Crippen molar-refractivity contribution in [2.45, 2.75) is 6.92 Å². The maximum atomic E-state index is 5.22. The first-order chi connectivity index (χ1) is 3.31. The molecule has 0 spiro atoms. The smallest absolute Gasteiger partial charge is 0.0592 e. The quantitative estimate of drug-likeness (QED) is 0.369. The van der Waals surface area contributed by atoms with Crippen molar-refractivity contribution in [1.82, 2.24) is 10.4 Å². The van der Waals surface area contributed by atoms with Crippen LogP contribution in [0.2, 0.25) is 0 Å². The van der Waals surface area contributed by atoms with E-state index in [1.807, 2.05) is 19.0 Å². The molecule has 0 saturated carbocycles. The lowest BCUT2D eigenvalue weighted by Gasteiger charge is -2.12. The zero-order chi connectivity index (χ0) is 5.70. The van der Waals surface area contributed by atoms with Gasteiger partial charge in [-0.05, 0) is 0 Å². The minimum absolute atomic E-state index is 0.563. The molecule has 0 bridgehead atoms. The summed E-state index contributed by atoms with van der Waals surface area (Å²) in [6.45, 7) is 3.54. The van der Waals surface area contributed by atoms with Gasteiger partial charge in [-0.3, -0.25) is 5.43 Å². The molecule has 0 aliphatic heterocycles. The van der Waals surface area contributed by atoms with E-state index in [0.717, 1.165) is 6.54 Å². The minimum Gasteiger partial charge on any atom is -0.317 e. The van der Waals surface area contributed by atoms with Gasteiger partial charge >= 0.3 is 0 Å². The van der Waals surface area contributed by atoms with Gasteiger partial charge in [0.25, 0.3) is 0 Å². The van der Waals surface area contributed by atoms with Crippen molar-refractivity contribution in [3.8, 4) is 0 Å². The van der Waals surface area contributed by atoms with Crippen LogP contribution in [0.1, 0.15) is 6.92 Å². The van der Waals surface area contributed by atoms with E-state index < -0.39 is 0 Å². The van der Waals surface area contributed by atoms with E-state index in [-0.39, 0.29) is 0 Å². The zero-order valence-electron chi connectivity index (χ0n) is 4.94. The summed E-state index contributed by atoms with van der Waals surface area (Å²) in [5.74, 6) is 0. The first-order valence-electron chi connectivity index (χ1n) is 2.46. The Morgan fingerprint density at radius 3 is 2.43 bits per heavy atom. The van der Waals surface area contributed by atoms with E-state index in [9.17, 15) is 0 Å². The van der Waals surface area contributed by atoms with Crippen molar-refractivity contribution in [1.29, 1.82) is 0 Å². The molecule has 3 heteroatoms. The number of rotatable bonds is 3. The summed E-state index contributed by atoms with van der Waals surface area (Å²) >= 11 is 0. The van der Waals surface area contributed by atoms with Crippen LogP contribution in [0.15, 0.2) is 0 Å². The topological polar surface area (TPSA) is 41.3 Å². The third kappa shape index (κ3) is 3.72. The third-order valence-corrected chi connectivity index (χ3v) is 0.702. The molecule has 0 aromatic rings. The molecular formula is C4H13N3. The summed E-state index contributed by atoms with van der Waals surface area (Å²) in [7, 11) is 1.91. The zero-order valence-corrected chi connectivity index (χ0v) is 4.94. The van der Waals surface area contributed by atoms with E-state index in [0.29, 0.717) is 6.67 Å². The maximum absolute atomic E-state index is 5.22. The summed E-state index contributed by atoms with van der Waals surface area (Å²) in [4.78, 5) is 0. The van der Waals surface area contributed by atoms with Crippen LogP contribution in [0.3, 0.4) is 0 Å². The Morgan fingerprint density at radius 1 is 1.71 bits per heavy atom. The van der Waals surface area contributed by atoms with Crippen LogP contribution < -0.4 is 11.2 Å². The van der Waals surface area contributed by atoms with Crippen molar-refractivity contribution in [3.63, 3.8) is 0 Å². The van der Waals surface area contributed by atoms with Gasteiger partial charge < -0.3 is 5.73 Å². The molecule has 0 heterocycles. The van der Waals surface area contributed by atoms with Crippen molar-refractivity contribution in [3.05, 3.63) is 0 Å². The van der Waals surface area contributed by atoms with Crippen LogP contribution >= 0.6 is 0 Å². The second-order valence-electron chi connectivity index (χ2n) is 1.39. The Hall–Kier alpha value is -0.120. The number of hydrogen-bond acceptors (Lipinski definition) is 3. The first kappa shape index (κ1) is 6.88. The van der Waals surface area contributed by atoms with Gasteiger partial charge in [-0.2, -0.15) is 0 Å². The normalized spacial score (nSPS) is 10.3. The molecule has 0 saturated heterocycles. The number of hydrogen-bond donors (Lipinski definition) is 2. The highest BCUT2D eigenvalue weighted by Crippen LogP contribution is 1.62. The lowest BCUT2D eigenvalue weighted by atomic mass is 10.8. The summed E-state index contributed by atoms with van der Waals surface area (Å²) in [6, 6.07) is 0. The standard InChI is InChI=1S/C4H13N3/c1-3-6-7(2)4-5/h6H,3-5H2,1-2H3. The Morgan fingerprint density at radius 2 is 2.29 bits per heavy atom. The fourth-order valence-corrected chi connectivity index (χ4v) is 0.334. The van der Waals surface area contributed by atoms with Gasteiger partial charge in [0.1, 0.15) is 0 Å². The van der Waals surface area contributed by atoms with Crippen LogP contribution in [0, 0.1) is 0 Å². The largest absolute Gasteiger partial charge is 0.317 e. The Labute approximate surface area is 44.5 Å². The van der Waals surface area contributed by atoms with Crippen LogP contribution in [0.4, 0.5) is 0 Å². The fourth-order valence-electron chi connectivity index (χ4n) is 0.334. The SMILES string of the molecule is CCNN(C)CN. The van der Waals surface area contributed by atoms with Crippen molar-refractivity contribution < 1.29 is 0 Å². The molecule has 7 heavy (non-hydrogen) atoms. The van der Waals surface area contributed by atoms with Gasteiger partial charge in [-0.1, -0.05) is 6.92 Å². The van der Waals surface area contributed by atoms with E-state index in [4.69, 9.17) is 5.73 Å². The van der Waals surface area contributed by atoms with Crippen molar-refractivity contribution in [2.75, 3.05) is 20.3 Å². The summed E-state index contributed by atoms with van der Waals surface area (Å²) in [5, 5.41) is 1.83. The highest BCUT2D eigenvalue weighted by molar-refractivity contribution is 4.31. The van der Waals surface area contributed by atoms with Crippen molar-refractivity contribution in [2.24, 2.45) is 5.73 Å². The number of nitrogens with one attached hydrogen (secondary N) is 1. The second-order valence-corrected chi connectivity index (χ2v) is 1.39. The molecule has 0 aliphatic rings. The molecule has 0 atom stereocenters. The van der Waals surface area contributed by atoms with Crippen LogP contribution in [-0.2, 0) is 0 Å². The first-order valence-corrected chi connectivity index (χ1v) is 2.46. The van der Waals surface area contributed by atoms with Gasteiger partial charge in [-0.15, -0.1) is 0 Å². The molecule has 3 nitrogen and oxygen atoms in total. The average molecular weight is 103 g/mol. The highest BCUT2D eigenvalue weighted by Gasteiger charge is 1.84. The van der Waals surface area contributed by atoms with Crippen LogP contribution in [0.25, 0.3) is 0 Å². The molecule has 0 unspecified atom stereocenters. The van der Waals surface area contributed by atoms with Crippen LogP contribution in [-0.4, -0.2) is 25.3 Å². The summed E-state index contributed by atoms with van der Waals surface area (Å²) in [5.41, 5.74) is 8.23.